The van der Waals surface area contributed by atoms with Crippen LogP contribution in [0.25, 0.3) is 0 Å². The number of methoxy groups -OCH3 is 1. The number of hydrogen-bond donors (Lipinski definition) is 2. The Kier molecular flexibility index (Phi) is 5.25. The Morgan fingerprint density at radius 3 is 2.67 bits per heavy atom. The van der Waals surface area contributed by atoms with Crippen LogP contribution in [-0.2, 0) is 12.8 Å². The zero-order valence-electron chi connectivity index (χ0n) is 12.3. The van der Waals surface area contributed by atoms with Crippen molar-refractivity contribution in [3.8, 4) is 5.75 Å². The Labute approximate surface area is 124 Å². The number of ether oxygens (including phenoxy) is 1. The third-order valence-electron chi connectivity index (χ3n) is 3.49. The Morgan fingerprint density at radius 1 is 1.33 bits per heavy atom. The molecular weight excluding hydrogens is 269 g/mol. The number of pyridine rings is 1. The van der Waals surface area contributed by atoms with E-state index in [2.05, 4.69) is 17.3 Å². The van der Waals surface area contributed by atoms with E-state index in [1.165, 1.54) is 18.7 Å². The van der Waals surface area contributed by atoms with Gasteiger partial charge >= 0.3 is 0 Å². The van der Waals surface area contributed by atoms with Gasteiger partial charge in [-0.15, -0.1) is 0 Å². The van der Waals surface area contributed by atoms with E-state index >= 15 is 0 Å². The number of nitrogens with one attached hydrogen (secondary N) is 1. The summed E-state index contributed by atoms with van der Waals surface area (Å²) in [4.78, 5) is 4.40. The monoisotopic (exact) mass is 289 g/mol. The van der Waals surface area contributed by atoms with Gasteiger partial charge in [0.1, 0.15) is 0 Å². The predicted molar refractivity (Wildman–Crippen MR) is 80.3 cm³/mol. The van der Waals surface area contributed by atoms with Crippen LogP contribution in [0.4, 0.5) is 4.39 Å². The summed E-state index contributed by atoms with van der Waals surface area (Å²) in [5.41, 5.74) is 5.57. The fourth-order valence-corrected chi connectivity index (χ4v) is 2.17. The number of aryl methyl sites for hydroxylation is 1. The number of rotatable bonds is 6. The van der Waals surface area contributed by atoms with Crippen molar-refractivity contribution < 1.29 is 9.13 Å². The molecule has 112 valence electrons. The lowest BCUT2D eigenvalue weighted by Crippen LogP contribution is -2.29. The van der Waals surface area contributed by atoms with Crippen LogP contribution in [0.5, 0.6) is 5.75 Å². The van der Waals surface area contributed by atoms with Crippen molar-refractivity contribution in [3.63, 3.8) is 0 Å². The molecule has 0 saturated heterocycles. The quantitative estimate of drug-likeness (QED) is 0.634. The molecule has 1 aromatic carbocycles. The lowest BCUT2D eigenvalue weighted by Gasteiger charge is -2.17. The van der Waals surface area contributed by atoms with E-state index in [-0.39, 0.29) is 11.8 Å². The van der Waals surface area contributed by atoms with Crippen LogP contribution in [0.15, 0.2) is 36.5 Å². The van der Waals surface area contributed by atoms with Crippen LogP contribution in [-0.4, -0.2) is 12.1 Å². The third-order valence-corrected chi connectivity index (χ3v) is 3.49. The molecule has 1 atom stereocenters. The lowest BCUT2D eigenvalue weighted by atomic mass is 10.0. The Bertz CT molecular complexity index is 587. The number of benzene rings is 1. The first kappa shape index (κ1) is 15.4. The summed E-state index contributed by atoms with van der Waals surface area (Å²) in [6.07, 6.45) is 3.40. The first-order valence-corrected chi connectivity index (χ1v) is 6.91. The maximum atomic E-state index is 13.8. The van der Waals surface area contributed by atoms with Gasteiger partial charge in [0.15, 0.2) is 11.6 Å². The average molecular weight is 289 g/mol. The number of nitrogens with zero attached hydrogens (tertiary/aromatic N) is 1. The van der Waals surface area contributed by atoms with E-state index in [1.54, 1.807) is 12.1 Å². The molecule has 21 heavy (non-hydrogen) atoms. The highest BCUT2D eigenvalue weighted by molar-refractivity contribution is 5.31. The van der Waals surface area contributed by atoms with E-state index in [9.17, 15) is 4.39 Å². The number of nitrogens with two attached hydrogens (primary N) is 1. The van der Waals surface area contributed by atoms with Gasteiger partial charge in [0.2, 0.25) is 0 Å². The van der Waals surface area contributed by atoms with Gasteiger partial charge in [-0.25, -0.2) is 4.39 Å². The summed E-state index contributed by atoms with van der Waals surface area (Å²) in [6.45, 7) is 2.08. The standard InChI is InChI=1S/C16H20FN3O/c1-3-11-4-6-13(19-10-11)9-15(20-18)12-5-7-16(21-2)14(17)8-12/h4-8,10,15,20H,3,9,18H2,1-2H3. The maximum absolute atomic E-state index is 13.8. The zero-order valence-corrected chi connectivity index (χ0v) is 12.3. The van der Waals surface area contributed by atoms with Crippen molar-refractivity contribution in [2.24, 2.45) is 5.84 Å². The third kappa shape index (κ3) is 3.77. The molecule has 0 fully saturated rings. The second kappa shape index (κ2) is 7.15. The highest BCUT2D eigenvalue weighted by atomic mass is 19.1. The van der Waals surface area contributed by atoms with Crippen LogP contribution in [0.3, 0.4) is 0 Å². The van der Waals surface area contributed by atoms with Crippen molar-refractivity contribution in [1.29, 1.82) is 0 Å². The summed E-state index contributed by atoms with van der Waals surface area (Å²) < 4.78 is 18.7. The topological polar surface area (TPSA) is 60.2 Å². The van der Waals surface area contributed by atoms with Crippen LogP contribution >= 0.6 is 0 Å². The molecule has 0 aliphatic carbocycles. The number of hydrogen-bond acceptors (Lipinski definition) is 4. The zero-order chi connectivity index (χ0) is 15.2. The van der Waals surface area contributed by atoms with Crippen molar-refractivity contribution in [2.45, 2.75) is 25.8 Å². The van der Waals surface area contributed by atoms with Crippen molar-refractivity contribution in [3.05, 3.63) is 59.2 Å². The van der Waals surface area contributed by atoms with Gasteiger partial charge in [-0.1, -0.05) is 19.1 Å². The van der Waals surface area contributed by atoms with E-state index in [0.29, 0.717) is 6.42 Å². The molecule has 0 radical (unpaired) electrons. The molecule has 0 saturated carbocycles. The Balaban J connectivity index is 2.16. The van der Waals surface area contributed by atoms with E-state index < -0.39 is 5.82 Å². The molecule has 4 nitrogen and oxygen atoms in total. The average Bonchev–Trinajstić information content (AvgIpc) is 2.53. The molecule has 2 aromatic rings. The lowest BCUT2D eigenvalue weighted by molar-refractivity contribution is 0.385. The summed E-state index contributed by atoms with van der Waals surface area (Å²) in [5.74, 6) is 5.42. The summed E-state index contributed by atoms with van der Waals surface area (Å²) in [7, 11) is 1.44. The van der Waals surface area contributed by atoms with Crippen molar-refractivity contribution in [1.82, 2.24) is 10.4 Å². The predicted octanol–water partition coefficient (Wildman–Crippen LogP) is 2.54. The Morgan fingerprint density at radius 2 is 2.14 bits per heavy atom. The van der Waals surface area contributed by atoms with Gasteiger partial charge < -0.3 is 4.74 Å². The molecule has 5 heteroatoms. The molecule has 0 bridgehead atoms. The summed E-state index contributed by atoms with van der Waals surface area (Å²) in [5, 5.41) is 0. The molecule has 0 aliphatic rings. The van der Waals surface area contributed by atoms with Gasteiger partial charge in [0, 0.05) is 18.3 Å². The molecule has 2 rings (SSSR count). The fourth-order valence-electron chi connectivity index (χ4n) is 2.17. The minimum atomic E-state index is -0.399. The second-order valence-electron chi connectivity index (χ2n) is 4.83. The fraction of sp³-hybridized carbons (Fsp3) is 0.312. The van der Waals surface area contributed by atoms with E-state index in [0.717, 1.165) is 17.7 Å². The molecule has 1 aromatic heterocycles. The van der Waals surface area contributed by atoms with Gasteiger partial charge in [-0.2, -0.15) is 0 Å². The van der Waals surface area contributed by atoms with Crippen LogP contribution in [0, 0.1) is 5.82 Å². The molecule has 0 aliphatic heterocycles. The molecule has 3 N–H and O–H groups in total. The Hall–Kier alpha value is -1.98. The van der Waals surface area contributed by atoms with Gasteiger partial charge in [0.25, 0.3) is 0 Å². The normalized spacial score (nSPS) is 12.2. The molecule has 1 unspecified atom stereocenters. The van der Waals surface area contributed by atoms with Gasteiger partial charge in [-0.05, 0) is 35.7 Å². The van der Waals surface area contributed by atoms with Crippen molar-refractivity contribution >= 4 is 0 Å². The number of aromatic nitrogens is 1. The smallest absolute Gasteiger partial charge is 0.165 e. The van der Waals surface area contributed by atoms with Crippen LogP contribution in [0.2, 0.25) is 0 Å². The van der Waals surface area contributed by atoms with Crippen LogP contribution < -0.4 is 16.0 Å². The minimum Gasteiger partial charge on any atom is -0.494 e. The molecule has 1 heterocycles. The summed E-state index contributed by atoms with van der Waals surface area (Å²) >= 11 is 0. The van der Waals surface area contributed by atoms with Crippen LogP contribution in [0.1, 0.15) is 29.8 Å². The first-order chi connectivity index (χ1) is 10.2. The number of halogens is 1. The van der Waals surface area contributed by atoms with E-state index in [4.69, 9.17) is 10.6 Å². The molecular formula is C16H20FN3O. The summed E-state index contributed by atoms with van der Waals surface area (Å²) in [6, 6.07) is 8.65. The second-order valence-corrected chi connectivity index (χ2v) is 4.83. The minimum absolute atomic E-state index is 0.203. The first-order valence-electron chi connectivity index (χ1n) is 6.91. The highest BCUT2D eigenvalue weighted by Crippen LogP contribution is 2.23. The molecule has 0 amide bonds. The van der Waals surface area contributed by atoms with Gasteiger partial charge in [0.05, 0.1) is 13.2 Å². The number of hydrazine groups is 1. The highest BCUT2D eigenvalue weighted by Gasteiger charge is 2.14. The largest absolute Gasteiger partial charge is 0.494 e. The maximum Gasteiger partial charge on any atom is 0.165 e. The van der Waals surface area contributed by atoms with Gasteiger partial charge in [-0.3, -0.25) is 16.3 Å². The van der Waals surface area contributed by atoms with Crippen molar-refractivity contribution in [2.75, 3.05) is 7.11 Å². The SMILES string of the molecule is CCc1ccc(CC(NN)c2ccc(OC)c(F)c2)nc1. The molecule has 0 spiro atoms. The van der Waals surface area contributed by atoms with E-state index in [1.807, 2.05) is 18.3 Å².